The highest BCUT2D eigenvalue weighted by atomic mass is 16.5. The molecule has 5 nitrogen and oxygen atoms in total. The Morgan fingerprint density at radius 3 is 2.96 bits per heavy atom. The summed E-state index contributed by atoms with van der Waals surface area (Å²) in [5, 5.41) is 8.60. The number of benzene rings is 1. The summed E-state index contributed by atoms with van der Waals surface area (Å²) < 4.78 is 7.67. The van der Waals surface area contributed by atoms with Gasteiger partial charge in [-0.15, -0.1) is 6.58 Å². The molecule has 0 unspecified atom stereocenters. The molecule has 1 aromatic heterocycles. The van der Waals surface area contributed by atoms with Gasteiger partial charge in [0, 0.05) is 44.2 Å². The van der Waals surface area contributed by atoms with Crippen LogP contribution in [0, 0.1) is 0 Å². The molecule has 0 spiro atoms. The molecule has 1 aliphatic carbocycles. The second kappa shape index (κ2) is 7.02. The summed E-state index contributed by atoms with van der Waals surface area (Å²) in [5.74, 6) is 0.864. The Morgan fingerprint density at radius 1 is 1.36 bits per heavy atom. The molecule has 1 N–H and O–H groups in total. The average Bonchev–Trinajstić information content (AvgIpc) is 3.41. The predicted octanol–water partition coefficient (Wildman–Crippen LogP) is 2.68. The number of fused-ring (bicyclic) bond motifs is 1. The second-order valence-corrected chi connectivity index (χ2v) is 6.88. The van der Waals surface area contributed by atoms with Crippen molar-refractivity contribution in [3.8, 4) is 11.4 Å². The van der Waals surface area contributed by atoms with Gasteiger partial charge in [-0.2, -0.15) is 5.10 Å². The fourth-order valence-corrected chi connectivity index (χ4v) is 3.55. The van der Waals surface area contributed by atoms with Gasteiger partial charge in [0.15, 0.2) is 0 Å². The Morgan fingerprint density at radius 2 is 2.20 bits per heavy atom. The van der Waals surface area contributed by atoms with Gasteiger partial charge in [0.2, 0.25) is 0 Å². The number of para-hydroxylation sites is 2. The summed E-state index contributed by atoms with van der Waals surface area (Å²) >= 11 is 0. The zero-order valence-corrected chi connectivity index (χ0v) is 14.9. The molecule has 5 heteroatoms. The largest absolute Gasteiger partial charge is 0.494 e. The third kappa shape index (κ3) is 3.34. The van der Waals surface area contributed by atoms with Crippen LogP contribution in [0.15, 0.2) is 36.9 Å². The van der Waals surface area contributed by atoms with Crippen LogP contribution in [0.3, 0.4) is 0 Å². The molecule has 132 valence electrons. The zero-order chi connectivity index (χ0) is 17.2. The monoisotopic (exact) mass is 338 g/mol. The van der Waals surface area contributed by atoms with Gasteiger partial charge in [0.25, 0.3) is 0 Å². The Labute approximate surface area is 149 Å². The summed E-state index contributed by atoms with van der Waals surface area (Å²) in [7, 11) is 1.72. The first-order chi connectivity index (χ1) is 12.3. The Kier molecular flexibility index (Phi) is 4.59. The summed E-state index contributed by atoms with van der Waals surface area (Å²) in [6, 6.07) is 8.80. The van der Waals surface area contributed by atoms with Crippen molar-refractivity contribution in [2.24, 2.45) is 0 Å². The maximum absolute atomic E-state index is 5.57. The van der Waals surface area contributed by atoms with Crippen molar-refractivity contribution in [3.63, 3.8) is 0 Å². The van der Waals surface area contributed by atoms with E-state index in [9.17, 15) is 0 Å². The van der Waals surface area contributed by atoms with E-state index in [0.717, 1.165) is 44.0 Å². The highest BCUT2D eigenvalue weighted by Crippen LogP contribution is 2.30. The minimum atomic E-state index is 0.680. The van der Waals surface area contributed by atoms with Crippen molar-refractivity contribution in [1.29, 1.82) is 0 Å². The fourth-order valence-electron chi connectivity index (χ4n) is 3.55. The Hall–Kier alpha value is -2.11. The molecule has 0 radical (unpaired) electrons. The number of nitrogens with zero attached hydrogens (tertiary/aromatic N) is 3. The van der Waals surface area contributed by atoms with Gasteiger partial charge < -0.3 is 10.1 Å². The number of aromatic nitrogens is 2. The van der Waals surface area contributed by atoms with Gasteiger partial charge in [-0.05, 0) is 25.0 Å². The molecule has 1 aliphatic heterocycles. The smallest absolute Gasteiger partial charge is 0.144 e. The van der Waals surface area contributed by atoms with Gasteiger partial charge in [-0.25, -0.2) is 4.68 Å². The topological polar surface area (TPSA) is 42.3 Å². The molecule has 1 fully saturated rings. The van der Waals surface area contributed by atoms with Crippen LogP contribution in [0.5, 0.6) is 5.75 Å². The van der Waals surface area contributed by atoms with Crippen molar-refractivity contribution >= 4 is 0 Å². The van der Waals surface area contributed by atoms with Crippen LogP contribution in [0.2, 0.25) is 0 Å². The number of methoxy groups -OCH3 is 1. The van der Waals surface area contributed by atoms with Crippen LogP contribution >= 0.6 is 0 Å². The predicted molar refractivity (Wildman–Crippen MR) is 99.2 cm³/mol. The van der Waals surface area contributed by atoms with Gasteiger partial charge >= 0.3 is 0 Å². The molecule has 2 aromatic rings. The molecule has 4 rings (SSSR count). The first-order valence-corrected chi connectivity index (χ1v) is 9.10. The van der Waals surface area contributed by atoms with Crippen molar-refractivity contribution < 1.29 is 4.74 Å². The number of hydrogen-bond donors (Lipinski definition) is 1. The third-order valence-corrected chi connectivity index (χ3v) is 5.06. The molecule has 1 aromatic carbocycles. The molecule has 2 aliphatic rings. The second-order valence-electron chi connectivity index (χ2n) is 6.88. The lowest BCUT2D eigenvalue weighted by Crippen LogP contribution is -2.31. The molecule has 25 heavy (non-hydrogen) atoms. The van der Waals surface area contributed by atoms with E-state index in [0.29, 0.717) is 6.04 Å². The average molecular weight is 338 g/mol. The van der Waals surface area contributed by atoms with Crippen molar-refractivity contribution in [2.45, 2.75) is 38.4 Å². The van der Waals surface area contributed by atoms with Gasteiger partial charge in [0.1, 0.15) is 11.4 Å². The third-order valence-electron chi connectivity index (χ3n) is 5.06. The standard InChI is InChI=1S/C20H26N4O/c1-3-11-23-12-10-18-16(14-23)17(13-21-15-8-9-15)22-24(18)19-6-4-5-7-20(19)25-2/h3-7,15,21H,1,8-14H2,2H3. The Balaban J connectivity index is 1.71. The van der Waals surface area contributed by atoms with Crippen molar-refractivity contribution in [3.05, 3.63) is 53.9 Å². The minimum absolute atomic E-state index is 0.680. The van der Waals surface area contributed by atoms with Crippen LogP contribution in [-0.4, -0.2) is 40.9 Å². The van der Waals surface area contributed by atoms with Gasteiger partial charge in [-0.3, -0.25) is 4.90 Å². The first kappa shape index (κ1) is 16.4. The molecule has 0 saturated heterocycles. The normalized spacial score (nSPS) is 17.3. The first-order valence-electron chi connectivity index (χ1n) is 9.10. The van der Waals surface area contributed by atoms with Crippen LogP contribution < -0.4 is 10.1 Å². The number of nitrogens with one attached hydrogen (secondary N) is 1. The van der Waals surface area contributed by atoms with E-state index in [1.165, 1.54) is 29.8 Å². The quantitative estimate of drug-likeness (QED) is 0.788. The molecular weight excluding hydrogens is 312 g/mol. The highest BCUT2D eigenvalue weighted by molar-refractivity contribution is 5.49. The molecular formula is C20H26N4O. The molecule has 0 bridgehead atoms. The lowest BCUT2D eigenvalue weighted by atomic mass is 10.0. The SMILES string of the molecule is C=CCN1CCc2c(c(CNC3CC3)nn2-c2ccccc2OC)C1. The molecule has 0 amide bonds. The summed E-state index contributed by atoms with van der Waals surface area (Å²) in [6.07, 6.45) is 5.56. The van der Waals surface area contributed by atoms with Crippen LogP contribution in [-0.2, 0) is 19.5 Å². The van der Waals surface area contributed by atoms with E-state index in [-0.39, 0.29) is 0 Å². The van der Waals surface area contributed by atoms with Crippen LogP contribution in [0.1, 0.15) is 29.8 Å². The van der Waals surface area contributed by atoms with Crippen LogP contribution in [0.25, 0.3) is 5.69 Å². The maximum atomic E-state index is 5.57. The summed E-state index contributed by atoms with van der Waals surface area (Å²) in [4.78, 5) is 2.43. The van der Waals surface area contributed by atoms with E-state index < -0.39 is 0 Å². The number of hydrogen-bond acceptors (Lipinski definition) is 4. The van der Waals surface area contributed by atoms with E-state index in [2.05, 4.69) is 27.5 Å². The number of ether oxygens (including phenoxy) is 1. The van der Waals surface area contributed by atoms with E-state index in [4.69, 9.17) is 9.84 Å². The lowest BCUT2D eigenvalue weighted by Gasteiger charge is -2.26. The van der Waals surface area contributed by atoms with Crippen molar-refractivity contribution in [2.75, 3.05) is 20.2 Å². The highest BCUT2D eigenvalue weighted by Gasteiger charge is 2.27. The summed E-state index contributed by atoms with van der Waals surface area (Å²) in [5.41, 5.74) is 4.88. The Bertz CT molecular complexity index is 763. The van der Waals surface area contributed by atoms with Crippen molar-refractivity contribution in [1.82, 2.24) is 20.0 Å². The fraction of sp³-hybridized carbons (Fsp3) is 0.450. The molecule has 2 heterocycles. The van der Waals surface area contributed by atoms with Gasteiger partial charge in [0.05, 0.1) is 18.5 Å². The molecule has 1 saturated carbocycles. The lowest BCUT2D eigenvalue weighted by molar-refractivity contribution is 0.278. The maximum Gasteiger partial charge on any atom is 0.144 e. The van der Waals surface area contributed by atoms with E-state index in [1.807, 2.05) is 24.3 Å². The van der Waals surface area contributed by atoms with E-state index in [1.54, 1.807) is 7.11 Å². The van der Waals surface area contributed by atoms with Crippen LogP contribution in [0.4, 0.5) is 0 Å². The zero-order valence-electron chi connectivity index (χ0n) is 14.9. The minimum Gasteiger partial charge on any atom is -0.494 e. The van der Waals surface area contributed by atoms with E-state index >= 15 is 0 Å². The molecule has 0 atom stereocenters. The number of rotatable bonds is 7. The summed E-state index contributed by atoms with van der Waals surface area (Å²) in [6.45, 7) is 7.63. The van der Waals surface area contributed by atoms with Gasteiger partial charge in [-0.1, -0.05) is 18.2 Å².